The summed E-state index contributed by atoms with van der Waals surface area (Å²) in [6.07, 6.45) is 30.3. The topological polar surface area (TPSA) is 28.7 Å². The largest absolute Gasteiger partial charge is 0.420 e. The van der Waals surface area contributed by atoms with Gasteiger partial charge in [0.2, 0.25) is 0 Å². The lowest BCUT2D eigenvalue weighted by Gasteiger charge is -2.27. The molecule has 0 heterocycles. The van der Waals surface area contributed by atoms with Gasteiger partial charge in [0.25, 0.3) is 0 Å². The molecule has 0 N–H and O–H groups in total. The van der Waals surface area contributed by atoms with Crippen molar-refractivity contribution in [1.82, 2.24) is 29.4 Å². The highest BCUT2D eigenvalue weighted by Crippen LogP contribution is 2.41. The van der Waals surface area contributed by atoms with Crippen LogP contribution in [0.25, 0.3) is 0 Å². The van der Waals surface area contributed by atoms with E-state index in [1.165, 1.54) is 112 Å². The zero-order chi connectivity index (χ0) is 55.2. The number of thioether (sulfide) groups is 6. The summed E-state index contributed by atoms with van der Waals surface area (Å²) in [5.74, 6) is 13.4. The summed E-state index contributed by atoms with van der Waals surface area (Å²) in [6.45, 7) is 22.5. The van der Waals surface area contributed by atoms with Gasteiger partial charge in [-0.15, -0.1) is 6.58 Å². The van der Waals surface area contributed by atoms with E-state index in [9.17, 15) is 0 Å². The minimum atomic E-state index is -1.30. The number of thiol groups is 6. The van der Waals surface area contributed by atoms with Crippen LogP contribution in [0.5, 0.6) is 0 Å². The predicted molar refractivity (Wildman–Crippen MR) is 380 cm³/mol. The van der Waals surface area contributed by atoms with Crippen LogP contribution in [0.3, 0.4) is 0 Å². The normalized spacial score (nSPS) is 19.5. The standard InChI is InChI=1S/C27H57N3S6.C21H45N3S6.C6H14OSi/c1-31-19-7-13-28(14-8-20-32-2)25-26(29(15-9-21-33-3)16-10-22-34-4)27(25)30(17-11-23-35-5)18-12-24-36-6;25-13-1-7-22(8-2-14-26)19-20(23(9-3-15-27)10-4-16-28)21(19)24(11-5-17-29)12-6-18-30;1-5-6-8(3,4)7-2/h25-27H,7-24H2,1-6H3;19-21,25-30H,1-18H2;5H,1,6H2,2-4H3. The fraction of sp³-hybridized carbons (Fsp3) is 0.963. The average molecular weight is 1280 g/mol. The van der Waals surface area contributed by atoms with Crippen molar-refractivity contribution < 1.29 is 4.43 Å². The van der Waals surface area contributed by atoms with E-state index in [0.717, 1.165) is 136 Å². The lowest BCUT2D eigenvalue weighted by Crippen LogP contribution is -2.37. The van der Waals surface area contributed by atoms with Crippen molar-refractivity contribution >= 4 is 155 Å². The summed E-state index contributed by atoms with van der Waals surface area (Å²) in [4.78, 5) is 17.0. The molecule has 0 aromatic rings. The van der Waals surface area contributed by atoms with E-state index in [4.69, 9.17) is 4.43 Å². The molecule has 0 aromatic carbocycles. The third kappa shape index (κ3) is 35.9. The third-order valence-electron chi connectivity index (χ3n) is 13.9. The zero-order valence-electron chi connectivity index (χ0n) is 48.6. The number of hydrogen-bond acceptors (Lipinski definition) is 19. The molecule has 0 saturated heterocycles. The Labute approximate surface area is 520 Å². The van der Waals surface area contributed by atoms with Crippen LogP contribution in [0.15, 0.2) is 12.7 Å². The van der Waals surface area contributed by atoms with E-state index in [1.54, 1.807) is 7.11 Å². The molecule has 0 bridgehead atoms. The maximum absolute atomic E-state index is 5.25. The van der Waals surface area contributed by atoms with E-state index in [2.05, 4.69) is 162 Å². The molecular formula is C54H116N6OS12Si. The number of rotatable bonds is 51. The van der Waals surface area contributed by atoms with Gasteiger partial charge in [0.15, 0.2) is 8.32 Å². The van der Waals surface area contributed by atoms with Gasteiger partial charge in [0, 0.05) is 43.4 Å². The van der Waals surface area contributed by atoms with Crippen LogP contribution in [-0.4, -0.2) is 266 Å². The minimum absolute atomic E-state index is 0.601. The van der Waals surface area contributed by atoms with Crippen LogP contribution in [0, 0.1) is 0 Å². The second kappa shape index (κ2) is 53.6. The molecule has 74 heavy (non-hydrogen) atoms. The van der Waals surface area contributed by atoms with E-state index < -0.39 is 8.32 Å². The Morgan fingerprint density at radius 2 is 0.514 bits per heavy atom. The molecule has 2 saturated carbocycles. The Hall–Kier alpha value is 3.88. The zero-order valence-corrected chi connectivity index (χ0v) is 59.9. The molecule has 444 valence electrons. The Bertz CT molecular complexity index is 1050. The highest BCUT2D eigenvalue weighted by atomic mass is 32.2. The van der Waals surface area contributed by atoms with Crippen molar-refractivity contribution in [2.24, 2.45) is 0 Å². The molecule has 2 aliphatic carbocycles. The summed E-state index contributed by atoms with van der Waals surface area (Å²) >= 11 is 39.0. The maximum Gasteiger partial charge on any atom is 0.189 e. The SMILES string of the molecule is C=CC[Si](C)(C)OC.CSCCCN(CCCSC)C1C(N(CCCSC)CCCSC)C1N(CCCSC)CCCSC.SCCCN(CCCS)C1C(N(CCCS)CCCS)C1N(CCCS)CCCS. The molecule has 0 radical (unpaired) electrons. The highest BCUT2D eigenvalue weighted by Gasteiger charge is 2.59. The van der Waals surface area contributed by atoms with Crippen LogP contribution < -0.4 is 0 Å². The van der Waals surface area contributed by atoms with E-state index >= 15 is 0 Å². The molecule has 0 aliphatic heterocycles. The molecule has 0 atom stereocenters. The molecule has 7 nitrogen and oxygen atoms in total. The molecule has 0 unspecified atom stereocenters. The van der Waals surface area contributed by atoms with Crippen LogP contribution >= 0.6 is 146 Å². The van der Waals surface area contributed by atoms with Crippen LogP contribution in [0.2, 0.25) is 19.1 Å². The van der Waals surface area contributed by atoms with Crippen molar-refractivity contribution in [2.75, 3.05) is 192 Å². The van der Waals surface area contributed by atoms with Gasteiger partial charge in [-0.2, -0.15) is 146 Å². The smallest absolute Gasteiger partial charge is 0.189 e. The lowest BCUT2D eigenvalue weighted by atomic mass is 10.3. The second-order valence-corrected chi connectivity index (χ2v) is 33.1. The lowest BCUT2D eigenvalue weighted by molar-refractivity contribution is 0.200. The van der Waals surface area contributed by atoms with Gasteiger partial charge < -0.3 is 4.43 Å². The Morgan fingerprint density at radius 1 is 0.351 bits per heavy atom. The summed E-state index contributed by atoms with van der Waals surface area (Å²) in [7, 11) is 0.478. The molecule has 2 rings (SSSR count). The molecule has 0 aromatic heterocycles. The molecule has 2 aliphatic rings. The van der Waals surface area contributed by atoms with E-state index in [1.807, 2.05) is 76.6 Å². The monoisotopic (exact) mass is 1280 g/mol. The van der Waals surface area contributed by atoms with Crippen molar-refractivity contribution in [3.63, 3.8) is 0 Å². The van der Waals surface area contributed by atoms with Crippen LogP contribution in [0.4, 0.5) is 0 Å². The first-order valence-electron chi connectivity index (χ1n) is 28.2. The third-order valence-corrected chi connectivity index (χ3v) is 22.4. The maximum atomic E-state index is 5.25. The quantitative estimate of drug-likeness (QED) is 0.0151. The second-order valence-electron chi connectivity index (χ2n) is 20.2. The highest BCUT2D eigenvalue weighted by molar-refractivity contribution is 7.99. The Kier molecular flexibility index (Phi) is 56.4. The van der Waals surface area contributed by atoms with Crippen molar-refractivity contribution in [3.8, 4) is 0 Å². The first-order valence-corrected chi connectivity index (χ1v) is 43.5. The van der Waals surface area contributed by atoms with Gasteiger partial charge >= 0.3 is 0 Å². The fourth-order valence-electron chi connectivity index (χ4n) is 10.1. The van der Waals surface area contributed by atoms with Crippen LogP contribution in [0.1, 0.15) is 77.0 Å². The molecule has 0 amide bonds. The summed E-state index contributed by atoms with van der Waals surface area (Å²) < 4.78 is 5.25. The van der Waals surface area contributed by atoms with Crippen LogP contribution in [-0.2, 0) is 4.43 Å². The average Bonchev–Trinajstić information content (AvgIpc) is 4.33. The molecule has 20 heteroatoms. The molecule has 0 spiro atoms. The summed E-state index contributed by atoms with van der Waals surface area (Å²) in [5.41, 5.74) is 0. The molecule has 2 fully saturated rings. The van der Waals surface area contributed by atoms with Crippen molar-refractivity contribution in [3.05, 3.63) is 12.7 Å². The van der Waals surface area contributed by atoms with Gasteiger partial charge in [-0.3, -0.25) is 29.4 Å². The Morgan fingerprint density at radius 3 is 0.622 bits per heavy atom. The van der Waals surface area contributed by atoms with Crippen molar-refractivity contribution in [1.29, 1.82) is 0 Å². The van der Waals surface area contributed by atoms with Gasteiger partial charge in [0.05, 0.1) is 0 Å². The molecular weight excluding hydrogens is 1160 g/mol. The predicted octanol–water partition coefficient (Wildman–Crippen LogP) is 12.5. The fourth-order valence-corrected chi connectivity index (χ4v) is 14.3. The van der Waals surface area contributed by atoms with E-state index in [-0.39, 0.29) is 0 Å². The summed E-state index contributed by atoms with van der Waals surface area (Å²) in [6, 6.07) is 5.02. The first-order chi connectivity index (χ1) is 36.0. The van der Waals surface area contributed by atoms with E-state index in [0.29, 0.717) is 18.1 Å². The minimum Gasteiger partial charge on any atom is -0.420 e. The number of hydrogen-bond donors (Lipinski definition) is 6. The van der Waals surface area contributed by atoms with Gasteiger partial charge in [-0.1, -0.05) is 6.08 Å². The Balaban J connectivity index is 0.00000127. The summed E-state index contributed by atoms with van der Waals surface area (Å²) in [5, 5.41) is 0. The van der Waals surface area contributed by atoms with Crippen molar-refractivity contribution in [2.45, 2.75) is 132 Å². The van der Waals surface area contributed by atoms with Gasteiger partial charge in [-0.25, -0.2) is 0 Å². The van der Waals surface area contributed by atoms with Gasteiger partial charge in [0.1, 0.15) is 0 Å². The number of allylic oxidation sites excluding steroid dienone is 1. The van der Waals surface area contributed by atoms with Gasteiger partial charge in [-0.05, 0) is 281 Å². The number of nitrogens with zero attached hydrogens (tertiary/aromatic N) is 6. The first kappa shape index (κ1) is 77.9.